The van der Waals surface area contributed by atoms with Crippen molar-refractivity contribution in [1.82, 2.24) is 0 Å². The van der Waals surface area contributed by atoms with E-state index >= 15 is 0 Å². The molecule has 0 aromatic rings. The fourth-order valence-electron chi connectivity index (χ4n) is 15.9. The smallest absolute Gasteiger partial charge is 0.331 e. The number of aliphatic hydroxyl groups is 12. The second-order valence-electron chi connectivity index (χ2n) is 24.5. The van der Waals surface area contributed by atoms with E-state index in [0.29, 0.717) is 12.3 Å². The quantitative estimate of drug-likeness (QED) is 0.0692. The number of hydrogen-bond acceptors (Lipinski definition) is 24. The molecule has 0 radical (unpaired) electrons. The Morgan fingerprint density at radius 1 is 0.558 bits per heavy atom. The summed E-state index contributed by atoms with van der Waals surface area (Å²) in [5.74, 6) is -0.0339. The predicted octanol–water partition coefficient (Wildman–Crippen LogP) is -2.13. The lowest BCUT2D eigenvalue weighted by molar-refractivity contribution is -0.375. The van der Waals surface area contributed by atoms with Crippen molar-refractivity contribution in [3.63, 3.8) is 0 Å². The van der Waals surface area contributed by atoms with Gasteiger partial charge < -0.3 is 113 Å². The molecule has 0 aromatic heterocycles. The van der Waals surface area contributed by atoms with Crippen LogP contribution in [0.3, 0.4) is 0 Å². The summed E-state index contributed by atoms with van der Waals surface area (Å²) in [4.78, 5) is 12.0. The summed E-state index contributed by atoms with van der Waals surface area (Å²) in [6, 6.07) is 0. The van der Waals surface area contributed by atoms with Gasteiger partial charge in [-0.3, -0.25) is 0 Å². The Labute approximate surface area is 447 Å². The van der Waals surface area contributed by atoms with Crippen LogP contribution in [0.4, 0.5) is 0 Å². The molecule has 440 valence electrons. The Kier molecular flexibility index (Phi) is 17.3. The van der Waals surface area contributed by atoms with E-state index in [4.69, 9.17) is 52.1 Å². The van der Waals surface area contributed by atoms with Gasteiger partial charge in [0, 0.05) is 43.1 Å². The van der Waals surface area contributed by atoms with E-state index in [2.05, 4.69) is 13.8 Å². The molecule has 0 spiro atoms. The van der Waals surface area contributed by atoms with Gasteiger partial charge in [0.1, 0.15) is 73.8 Å². The van der Waals surface area contributed by atoms with E-state index in [1.165, 1.54) is 6.08 Å². The summed E-state index contributed by atoms with van der Waals surface area (Å²) in [5.41, 5.74) is -0.852. The Bertz CT molecular complexity index is 2030. The second-order valence-corrected chi connectivity index (χ2v) is 24.5. The lowest BCUT2D eigenvalue weighted by atomic mass is 9.43. The van der Waals surface area contributed by atoms with Crippen LogP contribution in [0.15, 0.2) is 11.6 Å². The van der Waals surface area contributed by atoms with Gasteiger partial charge in [-0.1, -0.05) is 13.8 Å². The van der Waals surface area contributed by atoms with Gasteiger partial charge in [0.25, 0.3) is 0 Å². The first-order valence-corrected chi connectivity index (χ1v) is 28.0. The van der Waals surface area contributed by atoms with Crippen molar-refractivity contribution in [2.75, 3.05) is 19.8 Å². The third-order valence-electron chi connectivity index (χ3n) is 20.0. The maximum absolute atomic E-state index is 12.6. The fraction of sp³-hybridized carbons (Fsp3) is 0.943. The molecule has 6 aliphatic heterocycles. The van der Waals surface area contributed by atoms with Crippen LogP contribution in [0.25, 0.3) is 0 Å². The first kappa shape index (κ1) is 58.5. The molecule has 24 nitrogen and oxygen atoms in total. The number of carbonyl (C=O) groups is 1. The van der Waals surface area contributed by atoms with Crippen LogP contribution in [-0.2, 0) is 56.9 Å². The molecule has 5 saturated heterocycles. The third kappa shape index (κ3) is 10.7. The van der Waals surface area contributed by atoms with Crippen LogP contribution in [0, 0.1) is 34.5 Å². The van der Waals surface area contributed by atoms with Crippen LogP contribution >= 0.6 is 0 Å². The number of esters is 1. The molecule has 0 aromatic carbocycles. The van der Waals surface area contributed by atoms with Crippen LogP contribution < -0.4 is 0 Å². The highest BCUT2D eigenvalue weighted by Gasteiger charge is 2.70. The van der Waals surface area contributed by atoms with Gasteiger partial charge in [0.2, 0.25) is 0 Å². The van der Waals surface area contributed by atoms with Gasteiger partial charge in [0.05, 0.1) is 67.6 Å². The molecule has 0 bridgehead atoms. The lowest BCUT2D eigenvalue weighted by Crippen LogP contribution is -2.65. The summed E-state index contributed by atoms with van der Waals surface area (Å²) in [6.07, 6.45) is -20.8. The van der Waals surface area contributed by atoms with Crippen LogP contribution in [0.1, 0.15) is 105 Å². The predicted molar refractivity (Wildman–Crippen MR) is 258 cm³/mol. The molecule has 0 unspecified atom stereocenters. The van der Waals surface area contributed by atoms with Crippen molar-refractivity contribution in [3.8, 4) is 0 Å². The molecule has 6 heterocycles. The molecule has 10 aliphatic rings. The van der Waals surface area contributed by atoms with Crippen molar-refractivity contribution in [3.05, 3.63) is 11.6 Å². The largest absolute Gasteiger partial charge is 0.458 e. The van der Waals surface area contributed by atoms with Crippen LogP contribution in [0.2, 0.25) is 0 Å². The monoisotopic (exact) mass is 1100 g/mol. The number of aliphatic hydroxyl groups excluding tert-OH is 11. The van der Waals surface area contributed by atoms with Gasteiger partial charge in [-0.25, -0.2) is 4.79 Å². The van der Waals surface area contributed by atoms with Gasteiger partial charge in [-0.05, 0) is 94.5 Å². The minimum Gasteiger partial charge on any atom is -0.458 e. The van der Waals surface area contributed by atoms with Gasteiger partial charge in [-0.15, -0.1) is 0 Å². The summed E-state index contributed by atoms with van der Waals surface area (Å²) < 4.78 is 65.6. The number of hydrogen-bond donors (Lipinski definition) is 12. The SMILES string of the molecule is C[C@H]1O[C@@H](O[C@H]2CC[C@@]3(C)[C@H](CC[C@@H]4[C@@H]3CC[C@]3(C)[C@@H](C5=CC(=O)OC5)[C@@H](O)C[C@]43O)C2)C[C@H](O)[C@@H]1O[C@H]1C[C@H](O)[C@H](O[C@H]2C[C@H](O)[C@H](O[C@@H]3O[C@H](CO)[C@@H](O[C@@H]4O[C@H](CO)[C@@H](O)[C@H](O)[C@H]4O)[C@H](O)[C@H]3O)[C@@H](C)O2)[C@@H](C)O1. The standard InChI is InChI=1S/C53H84O24/c1-21-45(29(56)14-36(68-21)71-26-8-10-51(4)25(13-26)6-7-28-27(51)9-11-52(5)39(24-12-35(60)67-20-24)32(59)17-53(28,52)66)74-37-15-30(57)46(22(2)69-37)75-38-16-31(58)47(23(3)70-38)76-50-44(65)42(63)48(34(19-55)73-50)77-49-43(64)41(62)40(61)33(18-54)72-49/h12,21-23,25-34,36-50,54-59,61-66H,6-11,13-20H2,1-5H3/t21-,22-,23-,25-,26+,27+,28-,29+,30+,31+,32+,33-,34-,36+,37+,38+,39+,40-,41+,42-,43-,44-,45-,46-,47-,48-,49+,50+,51+,52-,53+/m1/s1. The molecule has 77 heavy (non-hydrogen) atoms. The maximum atomic E-state index is 12.6. The first-order chi connectivity index (χ1) is 36.5. The summed E-state index contributed by atoms with van der Waals surface area (Å²) in [6.45, 7) is 8.18. The van der Waals surface area contributed by atoms with E-state index in [0.717, 1.165) is 50.5 Å². The molecule has 24 heteroatoms. The zero-order chi connectivity index (χ0) is 55.2. The number of carbonyl (C=O) groups excluding carboxylic acids is 1. The van der Waals surface area contributed by atoms with Gasteiger partial charge in [0.15, 0.2) is 31.5 Å². The molecular weight excluding hydrogens is 1020 g/mol. The van der Waals surface area contributed by atoms with Crippen LogP contribution in [0.5, 0.6) is 0 Å². The summed E-state index contributed by atoms with van der Waals surface area (Å²) in [7, 11) is 0. The Morgan fingerprint density at radius 2 is 1.09 bits per heavy atom. The minimum atomic E-state index is -1.84. The van der Waals surface area contributed by atoms with Crippen molar-refractivity contribution >= 4 is 5.97 Å². The molecule has 4 aliphatic carbocycles. The first-order valence-electron chi connectivity index (χ1n) is 28.0. The number of fused-ring (bicyclic) bond motifs is 5. The van der Waals surface area contributed by atoms with Crippen molar-refractivity contribution in [2.24, 2.45) is 34.5 Å². The highest BCUT2D eigenvalue weighted by atomic mass is 16.8. The molecule has 4 saturated carbocycles. The van der Waals surface area contributed by atoms with Crippen molar-refractivity contribution in [1.29, 1.82) is 0 Å². The second kappa shape index (κ2) is 22.8. The van der Waals surface area contributed by atoms with E-state index in [9.17, 15) is 66.1 Å². The highest BCUT2D eigenvalue weighted by molar-refractivity contribution is 5.85. The maximum Gasteiger partial charge on any atom is 0.331 e. The topological polar surface area (TPSA) is 361 Å². The van der Waals surface area contributed by atoms with E-state index in [1.54, 1.807) is 20.8 Å². The number of ether oxygens (including phenoxy) is 11. The summed E-state index contributed by atoms with van der Waals surface area (Å²) in [5, 5.41) is 131. The molecule has 0 amide bonds. The van der Waals surface area contributed by atoms with E-state index in [1.807, 2.05) is 0 Å². The minimum absolute atomic E-state index is 0.0214. The Morgan fingerprint density at radius 3 is 1.64 bits per heavy atom. The van der Waals surface area contributed by atoms with Crippen molar-refractivity contribution < 1.29 is 118 Å². The fourth-order valence-corrected chi connectivity index (χ4v) is 15.9. The average Bonchev–Trinajstić information content (AvgIpc) is 3.97. The lowest BCUT2D eigenvalue weighted by Gasteiger charge is -2.63. The molecule has 31 atom stereocenters. The average molecular weight is 1110 g/mol. The van der Waals surface area contributed by atoms with Gasteiger partial charge in [-0.2, -0.15) is 0 Å². The van der Waals surface area contributed by atoms with E-state index < -0.39 is 166 Å². The molecular formula is C53H84O24. The normalized spacial score (nSPS) is 55.2. The zero-order valence-electron chi connectivity index (χ0n) is 44.4. The Hall–Kier alpha value is -1.67. The Balaban J connectivity index is 0.669. The summed E-state index contributed by atoms with van der Waals surface area (Å²) >= 11 is 0. The van der Waals surface area contributed by atoms with E-state index in [-0.39, 0.29) is 61.1 Å². The molecule has 10 rings (SSSR count). The number of cyclic esters (lactones) is 1. The molecule has 9 fully saturated rings. The number of rotatable bonds is 13. The van der Waals surface area contributed by atoms with Crippen LogP contribution in [-0.4, -0.2) is 240 Å². The highest BCUT2D eigenvalue weighted by Crippen LogP contribution is 2.70. The van der Waals surface area contributed by atoms with Crippen molar-refractivity contribution in [2.45, 2.75) is 258 Å². The third-order valence-corrected chi connectivity index (χ3v) is 20.0. The van der Waals surface area contributed by atoms with Gasteiger partial charge >= 0.3 is 5.97 Å². The zero-order valence-corrected chi connectivity index (χ0v) is 44.4. The molecule has 12 N–H and O–H groups in total.